The fourth-order valence-corrected chi connectivity index (χ4v) is 2.29. The Morgan fingerprint density at radius 3 is 2.20 bits per heavy atom. The maximum Gasteiger partial charge on any atom is 0.227 e. The number of halogens is 1. The van der Waals surface area contributed by atoms with E-state index in [-0.39, 0.29) is 5.91 Å². The summed E-state index contributed by atoms with van der Waals surface area (Å²) in [5.74, 6) is 0.111. The van der Waals surface area contributed by atoms with E-state index in [0.29, 0.717) is 13.0 Å². The lowest BCUT2D eigenvalue weighted by atomic mass is 10.1. The van der Waals surface area contributed by atoms with E-state index < -0.39 is 0 Å². The summed E-state index contributed by atoms with van der Waals surface area (Å²) >= 11 is 7.64. The second-order valence-electron chi connectivity index (χ2n) is 4.72. The molecule has 0 fully saturated rings. The smallest absolute Gasteiger partial charge is 0.227 e. The first-order chi connectivity index (χ1) is 9.54. The van der Waals surface area contributed by atoms with Crippen LogP contribution >= 0.6 is 28.6 Å². The molecule has 0 atom stereocenters. The van der Waals surface area contributed by atoms with Crippen LogP contribution in [0.1, 0.15) is 11.1 Å². The minimum absolute atomic E-state index is 0.111. The van der Waals surface area contributed by atoms with Crippen LogP contribution in [0.25, 0.3) is 0 Å². The number of likely N-dealkylation sites (N-methyl/N-ethyl adjacent to an activating group) is 1. The van der Waals surface area contributed by atoms with E-state index >= 15 is 0 Å². The van der Waals surface area contributed by atoms with Gasteiger partial charge in [-0.3, -0.25) is 4.79 Å². The van der Waals surface area contributed by atoms with Gasteiger partial charge < -0.3 is 4.90 Å². The molecule has 2 nitrogen and oxygen atoms in total. The molecule has 0 heterocycles. The van der Waals surface area contributed by atoms with Gasteiger partial charge in [0, 0.05) is 23.0 Å². The van der Waals surface area contributed by atoms with Crippen LogP contribution in [0.2, 0.25) is 0 Å². The monoisotopic (exact) mass is 349 g/mol. The molecule has 0 saturated carbocycles. The van der Waals surface area contributed by atoms with Gasteiger partial charge in [0.15, 0.2) is 0 Å². The molecular formula is C16H16BrNOS. The van der Waals surface area contributed by atoms with Crippen molar-refractivity contribution in [3.05, 3.63) is 64.1 Å². The van der Waals surface area contributed by atoms with Gasteiger partial charge in [-0.05, 0) is 35.4 Å². The number of hydrogen-bond donors (Lipinski definition) is 1. The van der Waals surface area contributed by atoms with Crippen molar-refractivity contribution in [2.24, 2.45) is 0 Å². The van der Waals surface area contributed by atoms with Gasteiger partial charge >= 0.3 is 0 Å². The summed E-state index contributed by atoms with van der Waals surface area (Å²) < 4.78 is 1.04. The van der Waals surface area contributed by atoms with Crippen molar-refractivity contribution in [3.63, 3.8) is 0 Å². The maximum atomic E-state index is 12.2. The number of thiol groups is 1. The first-order valence-corrected chi connectivity index (χ1v) is 7.55. The fourth-order valence-electron chi connectivity index (χ4n) is 1.88. The molecule has 1 amide bonds. The molecule has 0 bridgehead atoms. The lowest BCUT2D eigenvalue weighted by Crippen LogP contribution is -2.27. The van der Waals surface area contributed by atoms with E-state index in [9.17, 15) is 4.79 Å². The van der Waals surface area contributed by atoms with Crippen molar-refractivity contribution in [1.29, 1.82) is 0 Å². The van der Waals surface area contributed by atoms with Crippen molar-refractivity contribution < 1.29 is 4.79 Å². The predicted octanol–water partition coefficient (Wildman–Crippen LogP) is 3.94. The summed E-state index contributed by atoms with van der Waals surface area (Å²) in [5.41, 5.74) is 2.13. The summed E-state index contributed by atoms with van der Waals surface area (Å²) in [6, 6.07) is 15.7. The number of benzene rings is 2. The molecule has 0 saturated heterocycles. The summed E-state index contributed by atoms with van der Waals surface area (Å²) in [6.45, 7) is 0.622. The van der Waals surface area contributed by atoms with Crippen LogP contribution in [0.15, 0.2) is 57.9 Å². The van der Waals surface area contributed by atoms with Gasteiger partial charge in [0.1, 0.15) is 0 Å². The molecule has 0 aliphatic carbocycles. The Balaban J connectivity index is 1.94. The van der Waals surface area contributed by atoms with Crippen molar-refractivity contribution in [3.8, 4) is 0 Å². The fraction of sp³-hybridized carbons (Fsp3) is 0.188. The van der Waals surface area contributed by atoms with Gasteiger partial charge in [-0.25, -0.2) is 0 Å². The lowest BCUT2D eigenvalue weighted by molar-refractivity contribution is -0.129. The van der Waals surface area contributed by atoms with Gasteiger partial charge in [-0.15, -0.1) is 12.6 Å². The van der Waals surface area contributed by atoms with Crippen molar-refractivity contribution >= 4 is 34.5 Å². The normalized spacial score (nSPS) is 10.3. The van der Waals surface area contributed by atoms with E-state index in [1.54, 1.807) is 4.90 Å². The summed E-state index contributed by atoms with van der Waals surface area (Å²) in [4.78, 5) is 14.8. The van der Waals surface area contributed by atoms with E-state index in [1.807, 2.05) is 55.6 Å². The number of nitrogens with zero attached hydrogens (tertiary/aromatic N) is 1. The van der Waals surface area contributed by atoms with Crippen LogP contribution in [0.4, 0.5) is 0 Å². The van der Waals surface area contributed by atoms with E-state index in [1.165, 1.54) is 0 Å². The zero-order valence-corrected chi connectivity index (χ0v) is 13.7. The molecule has 0 aromatic heterocycles. The summed E-state index contributed by atoms with van der Waals surface area (Å²) in [7, 11) is 1.83. The molecule has 0 spiro atoms. The minimum atomic E-state index is 0.111. The predicted molar refractivity (Wildman–Crippen MR) is 88.0 cm³/mol. The molecule has 104 valence electrons. The highest BCUT2D eigenvalue weighted by molar-refractivity contribution is 9.10. The van der Waals surface area contributed by atoms with Gasteiger partial charge in [0.2, 0.25) is 5.91 Å². The third-order valence-electron chi connectivity index (χ3n) is 3.05. The number of carbonyl (C=O) groups excluding carboxylic acids is 1. The average Bonchev–Trinajstić information content (AvgIpc) is 2.44. The Bertz CT molecular complexity index is 580. The minimum Gasteiger partial charge on any atom is -0.341 e. The first-order valence-electron chi connectivity index (χ1n) is 6.31. The highest BCUT2D eigenvalue weighted by Gasteiger charge is 2.10. The molecule has 0 N–H and O–H groups in total. The molecule has 2 aromatic carbocycles. The summed E-state index contributed by atoms with van der Waals surface area (Å²) in [5, 5.41) is 0. The van der Waals surface area contributed by atoms with Crippen LogP contribution in [0.5, 0.6) is 0 Å². The zero-order valence-electron chi connectivity index (χ0n) is 11.2. The van der Waals surface area contributed by atoms with Gasteiger partial charge in [0.25, 0.3) is 0 Å². The van der Waals surface area contributed by atoms with Crippen molar-refractivity contribution in [1.82, 2.24) is 4.90 Å². The Morgan fingerprint density at radius 2 is 1.60 bits per heavy atom. The number of rotatable bonds is 4. The third-order valence-corrected chi connectivity index (χ3v) is 3.88. The SMILES string of the molecule is CN(Cc1ccc(Br)cc1)C(=O)Cc1ccc(S)cc1. The average molecular weight is 350 g/mol. The Hall–Kier alpha value is -1.26. The highest BCUT2D eigenvalue weighted by atomic mass is 79.9. The van der Waals surface area contributed by atoms with Gasteiger partial charge in [-0.1, -0.05) is 40.2 Å². The molecule has 0 aliphatic heterocycles. The third kappa shape index (κ3) is 4.39. The van der Waals surface area contributed by atoms with E-state index in [4.69, 9.17) is 0 Å². The van der Waals surface area contributed by atoms with Crippen LogP contribution in [0.3, 0.4) is 0 Å². The molecule has 4 heteroatoms. The standard InChI is InChI=1S/C16H16BrNOS/c1-18(11-13-2-6-14(17)7-3-13)16(19)10-12-4-8-15(20)9-5-12/h2-9,20H,10-11H2,1H3. The van der Waals surface area contributed by atoms with Gasteiger partial charge in [0.05, 0.1) is 6.42 Å². The Labute approximate surface area is 133 Å². The zero-order chi connectivity index (χ0) is 14.5. The second-order valence-corrected chi connectivity index (χ2v) is 6.15. The van der Waals surface area contributed by atoms with Crippen LogP contribution in [-0.4, -0.2) is 17.9 Å². The Morgan fingerprint density at radius 1 is 1.05 bits per heavy atom. The maximum absolute atomic E-state index is 12.2. The molecule has 0 unspecified atom stereocenters. The molecular weight excluding hydrogens is 334 g/mol. The summed E-state index contributed by atoms with van der Waals surface area (Å²) in [6.07, 6.45) is 0.418. The largest absolute Gasteiger partial charge is 0.341 e. The van der Waals surface area contributed by atoms with E-state index in [0.717, 1.165) is 20.5 Å². The molecule has 0 aliphatic rings. The van der Waals surface area contributed by atoms with Crippen molar-refractivity contribution in [2.75, 3.05) is 7.05 Å². The van der Waals surface area contributed by atoms with Gasteiger partial charge in [-0.2, -0.15) is 0 Å². The van der Waals surface area contributed by atoms with Crippen LogP contribution in [-0.2, 0) is 17.8 Å². The molecule has 20 heavy (non-hydrogen) atoms. The second kappa shape index (κ2) is 6.95. The highest BCUT2D eigenvalue weighted by Crippen LogP contribution is 2.13. The molecule has 2 aromatic rings. The molecule has 0 radical (unpaired) electrons. The number of carbonyl (C=O) groups is 1. The number of hydrogen-bond acceptors (Lipinski definition) is 2. The van der Waals surface area contributed by atoms with Crippen molar-refractivity contribution in [2.45, 2.75) is 17.9 Å². The van der Waals surface area contributed by atoms with E-state index in [2.05, 4.69) is 28.6 Å². The quantitative estimate of drug-likeness (QED) is 0.829. The first kappa shape index (κ1) is 15.1. The molecule has 2 rings (SSSR count). The lowest BCUT2D eigenvalue weighted by Gasteiger charge is -2.17. The topological polar surface area (TPSA) is 20.3 Å². The number of amides is 1. The Kier molecular flexibility index (Phi) is 5.26. The van der Waals surface area contributed by atoms with Crippen LogP contribution in [0, 0.1) is 0 Å². The van der Waals surface area contributed by atoms with Crippen LogP contribution < -0.4 is 0 Å².